The lowest BCUT2D eigenvalue weighted by atomic mass is 10.1. The van der Waals surface area contributed by atoms with E-state index in [-0.39, 0.29) is 0 Å². The van der Waals surface area contributed by atoms with Crippen LogP contribution in [0, 0.1) is 6.92 Å². The second kappa shape index (κ2) is 4.62. The second-order valence-electron chi connectivity index (χ2n) is 5.21. The molecule has 0 bridgehead atoms. The SMILES string of the molecule is C/C(=C/c1c(C)oc2ccccc12)CNC1CC1. The maximum absolute atomic E-state index is 5.77. The van der Waals surface area contributed by atoms with Gasteiger partial charge in [-0.25, -0.2) is 0 Å². The van der Waals surface area contributed by atoms with E-state index in [1.165, 1.54) is 29.4 Å². The number of nitrogens with one attached hydrogen (secondary N) is 1. The van der Waals surface area contributed by atoms with E-state index in [2.05, 4.69) is 30.4 Å². The van der Waals surface area contributed by atoms with Gasteiger partial charge >= 0.3 is 0 Å². The van der Waals surface area contributed by atoms with Crippen LogP contribution in [0.1, 0.15) is 31.1 Å². The molecule has 18 heavy (non-hydrogen) atoms. The molecule has 1 aromatic carbocycles. The Balaban J connectivity index is 1.87. The molecule has 2 aromatic rings. The van der Waals surface area contributed by atoms with Crippen molar-refractivity contribution >= 4 is 17.0 Å². The first-order valence-electron chi connectivity index (χ1n) is 6.63. The standard InChI is InChI=1S/C16H19NO/c1-11(10-17-13-7-8-13)9-15-12(2)18-16-6-4-3-5-14(15)16/h3-6,9,13,17H,7-8,10H2,1-2H3/b11-9-. The van der Waals surface area contributed by atoms with Crippen molar-refractivity contribution in [3.63, 3.8) is 0 Å². The van der Waals surface area contributed by atoms with E-state index in [4.69, 9.17) is 4.42 Å². The first kappa shape index (κ1) is 11.5. The molecule has 2 nitrogen and oxygen atoms in total. The maximum Gasteiger partial charge on any atom is 0.134 e. The fourth-order valence-electron chi connectivity index (χ4n) is 2.26. The third-order valence-corrected chi connectivity index (χ3v) is 3.46. The minimum Gasteiger partial charge on any atom is -0.461 e. The number of rotatable bonds is 4. The molecule has 1 heterocycles. The Morgan fingerprint density at radius 1 is 1.39 bits per heavy atom. The number of benzene rings is 1. The van der Waals surface area contributed by atoms with Crippen molar-refractivity contribution in [3.05, 3.63) is 41.2 Å². The van der Waals surface area contributed by atoms with Crippen molar-refractivity contribution in [3.8, 4) is 0 Å². The minimum atomic E-state index is 0.760. The molecule has 1 aliphatic carbocycles. The number of hydrogen-bond donors (Lipinski definition) is 1. The van der Waals surface area contributed by atoms with Crippen molar-refractivity contribution < 1.29 is 4.42 Å². The molecule has 0 atom stereocenters. The summed E-state index contributed by atoms with van der Waals surface area (Å²) in [6.07, 6.45) is 4.92. The number of hydrogen-bond acceptors (Lipinski definition) is 2. The zero-order chi connectivity index (χ0) is 12.5. The van der Waals surface area contributed by atoms with Crippen LogP contribution in [-0.4, -0.2) is 12.6 Å². The van der Waals surface area contributed by atoms with Gasteiger partial charge in [-0.15, -0.1) is 0 Å². The Morgan fingerprint density at radius 2 is 2.17 bits per heavy atom. The highest BCUT2D eigenvalue weighted by molar-refractivity contribution is 5.88. The van der Waals surface area contributed by atoms with Crippen LogP contribution < -0.4 is 5.32 Å². The van der Waals surface area contributed by atoms with Gasteiger partial charge in [-0.2, -0.15) is 0 Å². The van der Waals surface area contributed by atoms with Crippen molar-refractivity contribution in [2.75, 3.05) is 6.54 Å². The van der Waals surface area contributed by atoms with Gasteiger partial charge in [0, 0.05) is 23.5 Å². The highest BCUT2D eigenvalue weighted by atomic mass is 16.3. The van der Waals surface area contributed by atoms with Crippen LogP contribution in [0.4, 0.5) is 0 Å². The highest BCUT2D eigenvalue weighted by Gasteiger charge is 2.19. The van der Waals surface area contributed by atoms with Crippen LogP contribution in [0.3, 0.4) is 0 Å². The van der Waals surface area contributed by atoms with E-state index < -0.39 is 0 Å². The normalized spacial score (nSPS) is 16.4. The molecule has 1 aromatic heterocycles. The average molecular weight is 241 g/mol. The molecule has 1 N–H and O–H groups in total. The number of para-hydroxylation sites is 1. The number of fused-ring (bicyclic) bond motifs is 1. The molecule has 0 spiro atoms. The fourth-order valence-corrected chi connectivity index (χ4v) is 2.26. The van der Waals surface area contributed by atoms with Gasteiger partial charge in [0.05, 0.1) is 0 Å². The van der Waals surface area contributed by atoms with Gasteiger partial charge in [0.25, 0.3) is 0 Å². The summed E-state index contributed by atoms with van der Waals surface area (Å²) in [4.78, 5) is 0. The summed E-state index contributed by atoms with van der Waals surface area (Å²) in [5.41, 5.74) is 3.56. The van der Waals surface area contributed by atoms with E-state index in [0.717, 1.165) is 23.9 Å². The Bertz CT molecular complexity index is 590. The topological polar surface area (TPSA) is 25.2 Å². The van der Waals surface area contributed by atoms with Crippen LogP contribution in [0.5, 0.6) is 0 Å². The monoisotopic (exact) mass is 241 g/mol. The van der Waals surface area contributed by atoms with Gasteiger partial charge < -0.3 is 9.73 Å². The predicted molar refractivity (Wildman–Crippen MR) is 75.6 cm³/mol. The zero-order valence-electron chi connectivity index (χ0n) is 11.0. The average Bonchev–Trinajstić information content (AvgIpc) is 3.14. The Hall–Kier alpha value is -1.54. The molecule has 2 heteroatoms. The molecule has 0 saturated heterocycles. The summed E-state index contributed by atoms with van der Waals surface area (Å²) >= 11 is 0. The van der Waals surface area contributed by atoms with E-state index in [0.29, 0.717) is 0 Å². The Labute approximate surface area is 108 Å². The Morgan fingerprint density at radius 3 is 2.94 bits per heavy atom. The third kappa shape index (κ3) is 2.34. The maximum atomic E-state index is 5.77. The van der Waals surface area contributed by atoms with Gasteiger partial charge in [0.1, 0.15) is 11.3 Å². The summed E-state index contributed by atoms with van der Waals surface area (Å²) in [7, 11) is 0. The van der Waals surface area contributed by atoms with Gasteiger partial charge in [-0.3, -0.25) is 0 Å². The number of aryl methyl sites for hydroxylation is 1. The van der Waals surface area contributed by atoms with Crippen LogP contribution in [-0.2, 0) is 0 Å². The summed E-state index contributed by atoms with van der Waals surface area (Å²) in [5, 5.41) is 4.75. The molecule has 0 radical (unpaired) electrons. The van der Waals surface area contributed by atoms with E-state index in [1.807, 2.05) is 19.1 Å². The van der Waals surface area contributed by atoms with Gasteiger partial charge in [-0.1, -0.05) is 29.8 Å². The molecular formula is C16H19NO. The Kier molecular flexibility index (Phi) is 2.96. The lowest BCUT2D eigenvalue weighted by Gasteiger charge is -2.02. The molecule has 3 rings (SSSR count). The van der Waals surface area contributed by atoms with Crippen LogP contribution >= 0.6 is 0 Å². The fraction of sp³-hybridized carbons (Fsp3) is 0.375. The predicted octanol–water partition coefficient (Wildman–Crippen LogP) is 3.90. The van der Waals surface area contributed by atoms with E-state index >= 15 is 0 Å². The molecule has 1 fully saturated rings. The van der Waals surface area contributed by atoms with Crippen LogP contribution in [0.2, 0.25) is 0 Å². The van der Waals surface area contributed by atoms with Crippen molar-refractivity contribution in [1.82, 2.24) is 5.32 Å². The minimum absolute atomic E-state index is 0.760. The molecule has 1 saturated carbocycles. The van der Waals surface area contributed by atoms with Crippen molar-refractivity contribution in [2.45, 2.75) is 32.7 Å². The summed E-state index contributed by atoms with van der Waals surface area (Å²) in [6.45, 7) is 5.19. The summed E-state index contributed by atoms with van der Waals surface area (Å²) in [6, 6.07) is 8.99. The smallest absolute Gasteiger partial charge is 0.134 e. The molecule has 94 valence electrons. The lowest BCUT2D eigenvalue weighted by molar-refractivity contribution is 0.577. The first-order valence-corrected chi connectivity index (χ1v) is 6.63. The second-order valence-corrected chi connectivity index (χ2v) is 5.21. The van der Waals surface area contributed by atoms with E-state index in [1.54, 1.807) is 0 Å². The van der Waals surface area contributed by atoms with Crippen LogP contribution in [0.15, 0.2) is 34.3 Å². The number of furan rings is 1. The van der Waals surface area contributed by atoms with E-state index in [9.17, 15) is 0 Å². The van der Waals surface area contributed by atoms with Crippen molar-refractivity contribution in [2.24, 2.45) is 0 Å². The molecule has 1 aliphatic rings. The van der Waals surface area contributed by atoms with Gasteiger partial charge in [0.15, 0.2) is 0 Å². The van der Waals surface area contributed by atoms with Crippen molar-refractivity contribution in [1.29, 1.82) is 0 Å². The van der Waals surface area contributed by atoms with Gasteiger partial charge in [-0.05, 0) is 32.8 Å². The molecular weight excluding hydrogens is 222 g/mol. The highest BCUT2D eigenvalue weighted by Crippen LogP contribution is 2.27. The zero-order valence-corrected chi connectivity index (χ0v) is 11.0. The first-order chi connectivity index (χ1) is 8.74. The molecule has 0 amide bonds. The quantitative estimate of drug-likeness (QED) is 0.878. The molecule has 0 aliphatic heterocycles. The molecule has 0 unspecified atom stereocenters. The largest absolute Gasteiger partial charge is 0.461 e. The van der Waals surface area contributed by atoms with Gasteiger partial charge in [0.2, 0.25) is 0 Å². The summed E-state index contributed by atoms with van der Waals surface area (Å²) in [5.74, 6) is 1.00. The van der Waals surface area contributed by atoms with Crippen LogP contribution in [0.25, 0.3) is 17.0 Å². The summed E-state index contributed by atoms with van der Waals surface area (Å²) < 4.78 is 5.77. The lowest BCUT2D eigenvalue weighted by Crippen LogP contribution is -2.18. The third-order valence-electron chi connectivity index (χ3n) is 3.46.